The van der Waals surface area contributed by atoms with E-state index in [4.69, 9.17) is 25.5 Å². The van der Waals surface area contributed by atoms with Gasteiger partial charge in [0.25, 0.3) is 5.69 Å². The van der Waals surface area contributed by atoms with Gasteiger partial charge in [0.1, 0.15) is 16.5 Å². The molecule has 31 heavy (non-hydrogen) atoms. The molecule has 1 heterocycles. The second-order valence-corrected chi connectivity index (χ2v) is 7.68. The number of hydrogen-bond acceptors (Lipinski definition) is 8. The Bertz CT molecular complexity index is 1380. The first-order chi connectivity index (χ1) is 14.9. The summed E-state index contributed by atoms with van der Waals surface area (Å²) in [6, 6.07) is 13.7. The molecule has 0 N–H and O–H groups in total. The molecule has 3 aromatic carbocycles. The van der Waals surface area contributed by atoms with E-state index in [1.807, 2.05) is 0 Å². The maximum absolute atomic E-state index is 12.6. The third-order valence-electron chi connectivity index (χ3n) is 4.40. The molecule has 0 saturated heterocycles. The molecule has 0 bridgehead atoms. The fraction of sp³-hybridized carbons (Fsp3) is 0.0476. The Morgan fingerprint density at radius 3 is 2.52 bits per heavy atom. The number of benzene rings is 3. The molecule has 0 unspecified atom stereocenters. The molecular formula is C21H12ClNO7S. The Labute approximate surface area is 183 Å². The average molecular weight is 458 g/mol. The third-order valence-corrected chi connectivity index (χ3v) is 5.49. The molecule has 10 heteroatoms. The lowest BCUT2D eigenvalue weighted by atomic mass is 10.0. The van der Waals surface area contributed by atoms with Gasteiger partial charge in [0.2, 0.25) is 0 Å². The molecule has 0 aliphatic rings. The largest absolute Gasteiger partial charge is 0.497 e. The molecule has 0 radical (unpaired) electrons. The quantitative estimate of drug-likeness (QED) is 0.173. The summed E-state index contributed by atoms with van der Waals surface area (Å²) in [6.07, 6.45) is 0. The average Bonchev–Trinajstić information content (AvgIpc) is 3.13. The lowest BCUT2D eigenvalue weighted by Crippen LogP contribution is -2.09. The first-order valence-electron chi connectivity index (χ1n) is 8.74. The predicted molar refractivity (Wildman–Crippen MR) is 115 cm³/mol. The molecule has 1 aromatic heterocycles. The number of hydrogen-bond donors (Lipinski definition) is 0. The van der Waals surface area contributed by atoms with E-state index in [9.17, 15) is 19.7 Å². The standard InChI is InChI=1S/C21H12ClNO7S/c1-28-13-5-2-11(3-6-13)15-9-14(10-18-19(15)30-21(25)31-18)29-20(24)12-4-7-16(22)17(8-12)23(26)27/h2-10H,1H3. The highest BCUT2D eigenvalue weighted by atomic mass is 35.5. The fourth-order valence-electron chi connectivity index (χ4n) is 2.94. The number of carbonyl (C=O) groups excluding carboxylic acids is 1. The topological polar surface area (TPSA) is 109 Å². The van der Waals surface area contributed by atoms with Crippen molar-refractivity contribution in [1.29, 1.82) is 0 Å². The molecule has 0 saturated carbocycles. The zero-order valence-electron chi connectivity index (χ0n) is 15.8. The Balaban J connectivity index is 1.74. The van der Waals surface area contributed by atoms with E-state index in [-0.39, 0.29) is 16.3 Å². The summed E-state index contributed by atoms with van der Waals surface area (Å²) >= 11 is 6.66. The van der Waals surface area contributed by atoms with Crippen LogP contribution in [0.3, 0.4) is 0 Å². The highest BCUT2D eigenvalue weighted by molar-refractivity contribution is 7.16. The Hall–Kier alpha value is -3.69. The lowest BCUT2D eigenvalue weighted by Gasteiger charge is -2.09. The highest BCUT2D eigenvalue weighted by Gasteiger charge is 2.19. The molecule has 0 aliphatic heterocycles. The number of ether oxygens (including phenoxy) is 2. The maximum atomic E-state index is 12.6. The van der Waals surface area contributed by atoms with Gasteiger partial charge in [-0.05, 0) is 35.9 Å². The summed E-state index contributed by atoms with van der Waals surface area (Å²) in [6.45, 7) is 0. The minimum Gasteiger partial charge on any atom is -0.497 e. The molecule has 0 spiro atoms. The van der Waals surface area contributed by atoms with Crippen molar-refractivity contribution < 1.29 is 23.6 Å². The lowest BCUT2D eigenvalue weighted by molar-refractivity contribution is -0.384. The van der Waals surface area contributed by atoms with Gasteiger partial charge in [0, 0.05) is 17.7 Å². The number of esters is 1. The number of methoxy groups -OCH3 is 1. The van der Waals surface area contributed by atoms with Gasteiger partial charge in [-0.25, -0.2) is 9.59 Å². The summed E-state index contributed by atoms with van der Waals surface area (Å²) in [7, 11) is 1.55. The second kappa shape index (κ2) is 8.21. The summed E-state index contributed by atoms with van der Waals surface area (Å²) < 4.78 is 16.4. The zero-order chi connectivity index (χ0) is 22.1. The van der Waals surface area contributed by atoms with Gasteiger partial charge in [0.05, 0.1) is 22.3 Å². The van der Waals surface area contributed by atoms with Crippen molar-refractivity contribution in [3.63, 3.8) is 0 Å². The molecule has 8 nitrogen and oxygen atoms in total. The van der Waals surface area contributed by atoms with Crippen molar-refractivity contribution in [3.8, 4) is 22.6 Å². The Morgan fingerprint density at radius 1 is 1.10 bits per heavy atom. The van der Waals surface area contributed by atoms with Crippen LogP contribution in [-0.2, 0) is 0 Å². The van der Waals surface area contributed by atoms with E-state index in [1.54, 1.807) is 37.4 Å². The number of nitro groups is 1. The predicted octanol–water partition coefficient (Wildman–Crippen LogP) is 5.31. The number of halogens is 1. The van der Waals surface area contributed by atoms with Crippen LogP contribution in [-0.4, -0.2) is 18.0 Å². The summed E-state index contributed by atoms with van der Waals surface area (Å²) in [5.74, 6) is -0.00714. The third kappa shape index (κ3) is 4.14. The van der Waals surface area contributed by atoms with Crippen LogP contribution in [0.5, 0.6) is 11.5 Å². The fourth-order valence-corrected chi connectivity index (χ4v) is 3.85. The van der Waals surface area contributed by atoms with Crippen molar-refractivity contribution in [2.45, 2.75) is 0 Å². The second-order valence-electron chi connectivity index (χ2n) is 6.29. The number of nitro benzene ring substituents is 1. The molecule has 0 amide bonds. The van der Waals surface area contributed by atoms with Crippen LogP contribution in [0.4, 0.5) is 5.69 Å². The van der Waals surface area contributed by atoms with Gasteiger partial charge >= 0.3 is 10.9 Å². The van der Waals surface area contributed by atoms with E-state index < -0.39 is 21.5 Å². The van der Waals surface area contributed by atoms with Gasteiger partial charge in [-0.15, -0.1) is 0 Å². The Morgan fingerprint density at radius 2 is 1.84 bits per heavy atom. The van der Waals surface area contributed by atoms with Crippen LogP contribution < -0.4 is 14.4 Å². The zero-order valence-corrected chi connectivity index (χ0v) is 17.4. The van der Waals surface area contributed by atoms with Crippen LogP contribution in [0, 0.1) is 10.1 Å². The molecule has 4 rings (SSSR count). The molecule has 0 aliphatic carbocycles. The first kappa shape index (κ1) is 20.6. The van der Waals surface area contributed by atoms with Gasteiger partial charge in [0.15, 0.2) is 5.58 Å². The molecule has 0 atom stereocenters. The van der Waals surface area contributed by atoms with Crippen molar-refractivity contribution in [2.24, 2.45) is 0 Å². The normalized spacial score (nSPS) is 10.8. The van der Waals surface area contributed by atoms with Crippen molar-refractivity contribution in [3.05, 3.63) is 85.0 Å². The molecule has 156 valence electrons. The van der Waals surface area contributed by atoms with Crippen LogP contribution in [0.25, 0.3) is 21.4 Å². The van der Waals surface area contributed by atoms with Crippen LogP contribution in [0.2, 0.25) is 5.02 Å². The molecule has 4 aromatic rings. The van der Waals surface area contributed by atoms with Gasteiger partial charge < -0.3 is 13.9 Å². The minimum absolute atomic E-state index is 0.0393. The first-order valence-corrected chi connectivity index (χ1v) is 9.93. The highest BCUT2D eigenvalue weighted by Crippen LogP contribution is 2.35. The number of nitrogens with zero attached hydrogens (tertiary/aromatic N) is 1. The van der Waals surface area contributed by atoms with Crippen LogP contribution >= 0.6 is 22.9 Å². The van der Waals surface area contributed by atoms with Crippen LogP contribution in [0.1, 0.15) is 10.4 Å². The summed E-state index contributed by atoms with van der Waals surface area (Å²) in [5.41, 5.74) is 1.18. The van der Waals surface area contributed by atoms with E-state index in [0.29, 0.717) is 27.2 Å². The van der Waals surface area contributed by atoms with Gasteiger partial charge in [-0.2, -0.15) is 0 Å². The molecule has 0 fully saturated rings. The van der Waals surface area contributed by atoms with E-state index >= 15 is 0 Å². The van der Waals surface area contributed by atoms with E-state index in [0.717, 1.165) is 17.4 Å². The van der Waals surface area contributed by atoms with Crippen molar-refractivity contribution in [2.75, 3.05) is 7.11 Å². The van der Waals surface area contributed by atoms with E-state index in [1.165, 1.54) is 18.2 Å². The van der Waals surface area contributed by atoms with Crippen LogP contribution in [0.15, 0.2) is 63.8 Å². The van der Waals surface area contributed by atoms with Crippen molar-refractivity contribution >= 4 is 44.9 Å². The smallest absolute Gasteiger partial charge is 0.396 e. The number of carbonyl (C=O) groups is 1. The van der Waals surface area contributed by atoms with Crippen molar-refractivity contribution in [1.82, 2.24) is 0 Å². The Kier molecular flexibility index (Phi) is 5.45. The monoisotopic (exact) mass is 457 g/mol. The minimum atomic E-state index is -0.810. The summed E-state index contributed by atoms with van der Waals surface area (Å²) in [4.78, 5) is 34.3. The van der Waals surface area contributed by atoms with Gasteiger partial charge in [-0.1, -0.05) is 35.1 Å². The SMILES string of the molecule is COc1ccc(-c2cc(OC(=O)c3ccc(Cl)c([N+](=O)[O-])c3)cc3sc(=O)oc23)cc1. The number of fused-ring (bicyclic) bond motifs is 1. The molecular weight excluding hydrogens is 446 g/mol. The van der Waals surface area contributed by atoms with Gasteiger partial charge in [-0.3, -0.25) is 10.1 Å². The van der Waals surface area contributed by atoms with E-state index in [2.05, 4.69) is 0 Å². The summed E-state index contributed by atoms with van der Waals surface area (Å²) in [5, 5.41) is 11.0. The maximum Gasteiger partial charge on any atom is 0.396 e. The number of rotatable bonds is 5.